The maximum Gasteiger partial charge on any atom is 0.359 e. The van der Waals surface area contributed by atoms with Crippen molar-refractivity contribution in [3.8, 4) is 22.5 Å². The fraction of sp³-hybridized carbons (Fsp3) is 0.178. The van der Waals surface area contributed by atoms with Gasteiger partial charge in [-0.2, -0.15) is 0 Å². The highest BCUT2D eigenvalue weighted by atomic mass is 16.5. The van der Waals surface area contributed by atoms with Gasteiger partial charge >= 0.3 is 5.97 Å². The van der Waals surface area contributed by atoms with Gasteiger partial charge in [-0.1, -0.05) is 153 Å². The van der Waals surface area contributed by atoms with Crippen LogP contribution in [0, 0.1) is 0 Å². The highest BCUT2D eigenvalue weighted by Gasteiger charge is 2.41. The van der Waals surface area contributed by atoms with Crippen LogP contribution in [-0.2, 0) is 23.2 Å². The summed E-state index contributed by atoms with van der Waals surface area (Å²) in [6.07, 6.45) is 1.63. The number of imidazole rings is 1. The van der Waals surface area contributed by atoms with Gasteiger partial charge in [0.2, 0.25) is 5.82 Å². The maximum atomic E-state index is 12.9. The second kappa shape index (κ2) is 15.5. The number of aryl methyl sites for hydroxylation is 1. The summed E-state index contributed by atoms with van der Waals surface area (Å²) in [5.41, 5.74) is 7.96. The van der Waals surface area contributed by atoms with Gasteiger partial charge in [0.1, 0.15) is 5.82 Å². The number of aromatic nitrogens is 6. The smallest absolute Gasteiger partial charge is 0.359 e. The first-order chi connectivity index (χ1) is 25.9. The molecule has 0 saturated heterocycles. The predicted molar refractivity (Wildman–Crippen MR) is 209 cm³/mol. The number of carbonyl (C=O) groups excluding carboxylic acids is 1. The summed E-state index contributed by atoms with van der Waals surface area (Å²) in [6, 6.07) is 47.6. The van der Waals surface area contributed by atoms with Crippen LogP contribution in [0.25, 0.3) is 28.1 Å². The lowest BCUT2D eigenvalue weighted by atomic mass is 9.77. The molecule has 5 aromatic carbocycles. The molecule has 0 saturated carbocycles. The predicted octanol–water partition coefficient (Wildman–Crippen LogP) is 9.25. The molecule has 0 amide bonds. The number of carbonyl (C=O) groups is 1. The molecule has 0 spiro atoms. The zero-order valence-electron chi connectivity index (χ0n) is 30.3. The molecule has 0 unspecified atom stereocenters. The van der Waals surface area contributed by atoms with E-state index >= 15 is 0 Å². The Hall–Kier alpha value is -6.41. The summed E-state index contributed by atoms with van der Waals surface area (Å²) in [4.78, 5) is 19.3. The topological polar surface area (TPSA) is 87.7 Å². The molecular formula is C45H42N6O2. The van der Waals surface area contributed by atoms with E-state index in [2.05, 4.69) is 84.8 Å². The van der Waals surface area contributed by atoms with E-state index in [0.717, 1.165) is 63.2 Å². The number of nitrogens with zero attached hydrogens (tertiary/aromatic N) is 6. The van der Waals surface area contributed by atoms with Crippen LogP contribution in [-0.4, -0.2) is 42.3 Å². The summed E-state index contributed by atoms with van der Waals surface area (Å²) in [5, 5.41) is 14.6. The highest BCUT2D eigenvalue weighted by Crippen LogP contribution is 2.40. The van der Waals surface area contributed by atoms with E-state index in [4.69, 9.17) is 25.1 Å². The Labute approximate surface area is 310 Å². The molecule has 0 aliphatic carbocycles. The van der Waals surface area contributed by atoms with Crippen LogP contribution >= 0.6 is 0 Å². The first kappa shape index (κ1) is 35.0. The molecule has 53 heavy (non-hydrogen) atoms. The number of tetrazole rings is 1. The van der Waals surface area contributed by atoms with Gasteiger partial charge in [-0.25, -0.2) is 9.78 Å². The molecule has 2 heterocycles. The van der Waals surface area contributed by atoms with Crippen molar-refractivity contribution >= 4 is 11.5 Å². The lowest BCUT2D eigenvalue weighted by Crippen LogP contribution is -2.39. The van der Waals surface area contributed by atoms with E-state index in [9.17, 15) is 4.79 Å². The Balaban J connectivity index is 1.27. The molecule has 0 atom stereocenters. The third-order valence-corrected chi connectivity index (χ3v) is 9.46. The number of rotatable bonds is 13. The number of hydrogen-bond donors (Lipinski definition) is 0. The molecule has 7 aromatic rings. The number of esters is 1. The molecule has 8 heteroatoms. The van der Waals surface area contributed by atoms with Crippen molar-refractivity contribution in [1.82, 2.24) is 29.8 Å². The van der Waals surface area contributed by atoms with E-state index < -0.39 is 11.5 Å². The number of allylic oxidation sites excluding steroid dienone is 1. The van der Waals surface area contributed by atoms with Crippen LogP contribution in [0.1, 0.15) is 71.5 Å². The summed E-state index contributed by atoms with van der Waals surface area (Å²) < 4.78 is 7.44. The minimum atomic E-state index is -0.870. The largest absolute Gasteiger partial charge is 0.461 e. The molecule has 0 aliphatic rings. The van der Waals surface area contributed by atoms with Crippen molar-refractivity contribution in [2.24, 2.45) is 0 Å². The minimum Gasteiger partial charge on any atom is -0.461 e. The van der Waals surface area contributed by atoms with Crippen LogP contribution in [0.5, 0.6) is 0 Å². The van der Waals surface area contributed by atoms with E-state index in [1.165, 1.54) is 0 Å². The average molecular weight is 699 g/mol. The number of hydrogen-bond acceptors (Lipinski definition) is 6. The molecule has 8 nitrogen and oxygen atoms in total. The Morgan fingerprint density at radius 2 is 1.28 bits per heavy atom. The zero-order valence-corrected chi connectivity index (χ0v) is 30.3. The lowest BCUT2D eigenvalue weighted by molar-refractivity contribution is 0.0519. The van der Waals surface area contributed by atoms with E-state index in [1.807, 2.05) is 79.7 Å². The zero-order chi connectivity index (χ0) is 36.8. The Kier molecular flexibility index (Phi) is 10.2. The van der Waals surface area contributed by atoms with Crippen LogP contribution in [0.2, 0.25) is 0 Å². The van der Waals surface area contributed by atoms with Crippen molar-refractivity contribution in [3.05, 3.63) is 186 Å². The van der Waals surface area contributed by atoms with Crippen LogP contribution < -0.4 is 0 Å². The van der Waals surface area contributed by atoms with Gasteiger partial charge in [0.25, 0.3) is 0 Å². The fourth-order valence-electron chi connectivity index (χ4n) is 7.11. The molecule has 0 bridgehead atoms. The molecule has 0 radical (unpaired) electrons. The standard InChI is InChI=1S/C45H42N6O2/c1-5-18-40-46-41(44(52)53-6-2)42(32(3)4)50(40)31-33-27-29-34(30-28-33)38-25-16-17-26-39(38)43-47-49-51(48-43)45(35-19-10-7-11-20-35,36-21-12-8-13-22-36)37-23-14-9-15-24-37/h7-17,19-30H,3,5-6,18,31H2,1-2,4H3. The second-order valence-electron chi connectivity index (χ2n) is 13.0. The number of benzene rings is 5. The average Bonchev–Trinajstić information content (AvgIpc) is 3.83. The minimum absolute atomic E-state index is 0.285. The quantitative estimate of drug-likeness (QED) is 0.0882. The fourth-order valence-corrected chi connectivity index (χ4v) is 7.11. The lowest BCUT2D eigenvalue weighted by Gasteiger charge is -2.34. The Morgan fingerprint density at radius 1 is 0.736 bits per heavy atom. The first-order valence-electron chi connectivity index (χ1n) is 18.0. The first-order valence-corrected chi connectivity index (χ1v) is 18.0. The van der Waals surface area contributed by atoms with Crippen molar-refractivity contribution in [3.63, 3.8) is 0 Å². The van der Waals surface area contributed by atoms with Crippen molar-refractivity contribution < 1.29 is 9.53 Å². The summed E-state index contributed by atoms with van der Waals surface area (Å²) >= 11 is 0. The van der Waals surface area contributed by atoms with Crippen molar-refractivity contribution in [1.29, 1.82) is 0 Å². The molecule has 264 valence electrons. The molecular weight excluding hydrogens is 657 g/mol. The van der Waals surface area contributed by atoms with Crippen LogP contribution in [0.3, 0.4) is 0 Å². The number of ether oxygens (including phenoxy) is 1. The van der Waals surface area contributed by atoms with Gasteiger partial charge in [0.05, 0.1) is 12.3 Å². The van der Waals surface area contributed by atoms with Gasteiger partial charge in [0, 0.05) is 18.5 Å². The van der Waals surface area contributed by atoms with E-state index in [-0.39, 0.29) is 6.61 Å². The highest BCUT2D eigenvalue weighted by molar-refractivity contribution is 5.92. The summed E-state index contributed by atoms with van der Waals surface area (Å²) in [5.74, 6) is 0.944. The SMILES string of the molecule is C=C(C)c1c(C(=O)OCC)nc(CCC)n1Cc1ccc(-c2ccccc2-c2nnn(C(c3ccccc3)(c3ccccc3)c3ccccc3)n2)cc1. The summed E-state index contributed by atoms with van der Waals surface area (Å²) in [7, 11) is 0. The molecule has 0 N–H and O–H groups in total. The summed E-state index contributed by atoms with van der Waals surface area (Å²) in [6.45, 7) is 10.8. The molecule has 0 aliphatic heterocycles. The van der Waals surface area contributed by atoms with Crippen LogP contribution in [0.15, 0.2) is 146 Å². The van der Waals surface area contributed by atoms with Gasteiger partial charge < -0.3 is 9.30 Å². The van der Waals surface area contributed by atoms with E-state index in [0.29, 0.717) is 23.8 Å². The van der Waals surface area contributed by atoms with Crippen molar-refractivity contribution in [2.75, 3.05) is 6.61 Å². The molecule has 0 fully saturated rings. The molecule has 2 aromatic heterocycles. The Morgan fingerprint density at radius 3 is 1.81 bits per heavy atom. The maximum absolute atomic E-state index is 12.9. The second-order valence-corrected chi connectivity index (χ2v) is 13.0. The Bertz CT molecular complexity index is 2230. The van der Waals surface area contributed by atoms with Gasteiger partial charge in [-0.15, -0.1) is 15.0 Å². The van der Waals surface area contributed by atoms with Gasteiger partial charge in [-0.05, 0) is 64.4 Å². The normalized spacial score (nSPS) is 11.4. The van der Waals surface area contributed by atoms with Crippen molar-refractivity contribution in [2.45, 2.75) is 45.7 Å². The van der Waals surface area contributed by atoms with Crippen LogP contribution in [0.4, 0.5) is 0 Å². The third kappa shape index (κ3) is 6.71. The monoisotopic (exact) mass is 698 g/mol. The van der Waals surface area contributed by atoms with Gasteiger partial charge in [-0.3, -0.25) is 0 Å². The molecule has 7 rings (SSSR count). The third-order valence-electron chi connectivity index (χ3n) is 9.46. The van der Waals surface area contributed by atoms with Gasteiger partial charge in [0.15, 0.2) is 11.2 Å². The van der Waals surface area contributed by atoms with E-state index in [1.54, 1.807) is 11.7 Å².